The third kappa shape index (κ3) is 4.03. The number of rotatable bonds is 3. The highest BCUT2D eigenvalue weighted by Crippen LogP contribution is 2.05. The molecule has 0 unspecified atom stereocenters. The van der Waals surface area contributed by atoms with Gasteiger partial charge in [0.1, 0.15) is 17.1 Å². The third-order valence-corrected chi connectivity index (χ3v) is 2.51. The molecule has 6 heteroatoms. The summed E-state index contributed by atoms with van der Waals surface area (Å²) in [4.78, 5) is 30.0. The van der Waals surface area contributed by atoms with Gasteiger partial charge in [0.05, 0.1) is 6.61 Å². The summed E-state index contributed by atoms with van der Waals surface area (Å²) in [5, 5.41) is 11.2. The van der Waals surface area contributed by atoms with E-state index in [1.165, 1.54) is 12.3 Å². The van der Waals surface area contributed by atoms with Crippen molar-refractivity contribution in [2.75, 3.05) is 11.9 Å². The molecule has 6 nitrogen and oxygen atoms in total. The lowest BCUT2D eigenvalue weighted by atomic mass is 10.2. The van der Waals surface area contributed by atoms with Gasteiger partial charge in [-0.1, -0.05) is 12.0 Å². The predicted molar refractivity (Wildman–Crippen MR) is 77.8 cm³/mol. The Morgan fingerprint density at radius 3 is 2.95 bits per heavy atom. The Hall–Kier alpha value is -2.91. The molecule has 2 aromatic heterocycles. The second-order valence-corrected chi connectivity index (χ2v) is 4.05. The number of aliphatic hydroxyl groups is 1. The molecular weight excluding hydrogens is 270 g/mol. The first kappa shape index (κ1) is 14.5. The van der Waals surface area contributed by atoms with E-state index in [-0.39, 0.29) is 12.2 Å². The van der Waals surface area contributed by atoms with Crippen LogP contribution in [0.5, 0.6) is 0 Å². The summed E-state index contributed by atoms with van der Waals surface area (Å²) in [6.45, 7) is -0.0137. The average Bonchev–Trinajstić information content (AvgIpc) is 2.48. The molecule has 0 aliphatic rings. The Labute approximate surface area is 120 Å². The summed E-state index contributed by atoms with van der Waals surface area (Å²) in [5.74, 6) is 5.28. The number of nitrogens with one attached hydrogen (secondary N) is 2. The SMILES string of the molecule is O=C(Nc1cccc(C#CCCO)n1)c1ccc[nH]c1=O. The van der Waals surface area contributed by atoms with Crippen LogP contribution >= 0.6 is 0 Å². The number of aromatic amines is 1. The van der Waals surface area contributed by atoms with Crippen LogP contribution in [0.4, 0.5) is 5.82 Å². The normalized spacial score (nSPS) is 9.57. The summed E-state index contributed by atoms with van der Waals surface area (Å²) in [6.07, 6.45) is 1.81. The van der Waals surface area contributed by atoms with Crippen molar-refractivity contribution in [1.29, 1.82) is 0 Å². The summed E-state index contributed by atoms with van der Waals surface area (Å²) in [5.41, 5.74) is 0.0215. The molecular formula is C15H13N3O3. The lowest BCUT2D eigenvalue weighted by Crippen LogP contribution is -2.22. The quantitative estimate of drug-likeness (QED) is 0.725. The molecule has 0 bridgehead atoms. The minimum atomic E-state index is -0.537. The summed E-state index contributed by atoms with van der Waals surface area (Å²) in [7, 11) is 0. The smallest absolute Gasteiger partial charge is 0.262 e. The van der Waals surface area contributed by atoms with Gasteiger partial charge in [0.25, 0.3) is 11.5 Å². The zero-order chi connectivity index (χ0) is 15.1. The monoisotopic (exact) mass is 283 g/mol. The maximum absolute atomic E-state index is 12.0. The van der Waals surface area contributed by atoms with Gasteiger partial charge < -0.3 is 15.4 Å². The molecule has 0 radical (unpaired) electrons. The Morgan fingerprint density at radius 2 is 2.19 bits per heavy atom. The van der Waals surface area contributed by atoms with Gasteiger partial charge in [0.15, 0.2) is 0 Å². The third-order valence-electron chi connectivity index (χ3n) is 2.51. The van der Waals surface area contributed by atoms with E-state index < -0.39 is 11.5 Å². The number of amides is 1. The van der Waals surface area contributed by atoms with Crippen LogP contribution in [-0.2, 0) is 0 Å². The van der Waals surface area contributed by atoms with Crippen molar-refractivity contribution >= 4 is 11.7 Å². The van der Waals surface area contributed by atoms with Crippen molar-refractivity contribution in [3.8, 4) is 11.8 Å². The number of anilines is 1. The van der Waals surface area contributed by atoms with Gasteiger partial charge in [-0.3, -0.25) is 9.59 Å². The van der Waals surface area contributed by atoms with Crippen LogP contribution in [0, 0.1) is 11.8 Å². The molecule has 0 aromatic carbocycles. The number of nitrogens with zero attached hydrogens (tertiary/aromatic N) is 1. The van der Waals surface area contributed by atoms with E-state index in [1.54, 1.807) is 24.3 Å². The van der Waals surface area contributed by atoms with Crippen molar-refractivity contribution in [3.05, 3.63) is 58.1 Å². The van der Waals surface area contributed by atoms with Crippen LogP contribution in [0.2, 0.25) is 0 Å². The van der Waals surface area contributed by atoms with Crippen molar-refractivity contribution in [2.45, 2.75) is 6.42 Å². The number of H-pyrrole nitrogens is 1. The Kier molecular flexibility index (Phi) is 4.85. The summed E-state index contributed by atoms with van der Waals surface area (Å²) < 4.78 is 0. The van der Waals surface area contributed by atoms with E-state index in [2.05, 4.69) is 27.1 Å². The van der Waals surface area contributed by atoms with E-state index in [1.807, 2.05) is 0 Å². The Balaban J connectivity index is 2.15. The maximum atomic E-state index is 12.0. The van der Waals surface area contributed by atoms with Gasteiger partial charge in [0, 0.05) is 12.6 Å². The van der Waals surface area contributed by atoms with Gasteiger partial charge in [-0.05, 0) is 30.2 Å². The molecule has 0 atom stereocenters. The van der Waals surface area contributed by atoms with Crippen LogP contribution in [0.3, 0.4) is 0 Å². The van der Waals surface area contributed by atoms with E-state index in [9.17, 15) is 9.59 Å². The van der Waals surface area contributed by atoms with Crippen LogP contribution < -0.4 is 10.9 Å². The molecule has 2 heterocycles. The lowest BCUT2D eigenvalue weighted by Gasteiger charge is -2.03. The Bertz CT molecular complexity index is 756. The number of aromatic nitrogens is 2. The van der Waals surface area contributed by atoms with E-state index in [4.69, 9.17) is 5.11 Å². The molecule has 3 N–H and O–H groups in total. The molecule has 1 amide bonds. The molecule has 106 valence electrons. The lowest BCUT2D eigenvalue weighted by molar-refractivity contribution is 0.102. The zero-order valence-electron chi connectivity index (χ0n) is 11.1. The maximum Gasteiger partial charge on any atom is 0.262 e. The Morgan fingerprint density at radius 1 is 1.33 bits per heavy atom. The average molecular weight is 283 g/mol. The highest BCUT2D eigenvalue weighted by atomic mass is 16.2. The second-order valence-electron chi connectivity index (χ2n) is 4.05. The number of pyridine rings is 2. The fourth-order valence-electron chi connectivity index (χ4n) is 1.57. The van der Waals surface area contributed by atoms with Gasteiger partial charge in [-0.15, -0.1) is 0 Å². The second kappa shape index (κ2) is 7.03. The van der Waals surface area contributed by atoms with Gasteiger partial charge in [0.2, 0.25) is 0 Å². The first-order valence-corrected chi connectivity index (χ1v) is 6.26. The summed E-state index contributed by atoms with van der Waals surface area (Å²) in [6, 6.07) is 7.99. The van der Waals surface area contributed by atoms with Crippen LogP contribution in [0.1, 0.15) is 22.5 Å². The summed E-state index contributed by atoms with van der Waals surface area (Å²) >= 11 is 0. The first-order chi connectivity index (χ1) is 10.2. The van der Waals surface area contributed by atoms with E-state index in [0.717, 1.165) is 0 Å². The van der Waals surface area contributed by atoms with Crippen LogP contribution in [-0.4, -0.2) is 27.6 Å². The number of carbonyl (C=O) groups is 1. The predicted octanol–water partition coefficient (Wildman–Crippen LogP) is 0.756. The van der Waals surface area contributed by atoms with E-state index >= 15 is 0 Å². The van der Waals surface area contributed by atoms with Crippen molar-refractivity contribution in [3.63, 3.8) is 0 Å². The topological polar surface area (TPSA) is 95.1 Å². The van der Waals surface area contributed by atoms with Gasteiger partial charge >= 0.3 is 0 Å². The minimum absolute atomic E-state index is 0.0102. The van der Waals surface area contributed by atoms with Gasteiger partial charge in [-0.2, -0.15) is 0 Å². The standard InChI is InChI=1S/C15H13N3O3/c19-10-2-1-5-11-6-3-8-13(17-11)18-15(21)12-7-4-9-16-14(12)20/h3-4,6-9,19H,2,10H2,(H,16,20)(H,17,18,21). The largest absolute Gasteiger partial charge is 0.395 e. The molecule has 0 saturated carbocycles. The van der Waals surface area contributed by atoms with Crippen LogP contribution in [0.15, 0.2) is 41.3 Å². The highest BCUT2D eigenvalue weighted by molar-refractivity contribution is 6.03. The fraction of sp³-hybridized carbons (Fsp3) is 0.133. The zero-order valence-corrected chi connectivity index (χ0v) is 11.1. The molecule has 21 heavy (non-hydrogen) atoms. The molecule has 0 saturated heterocycles. The number of carbonyl (C=O) groups excluding carboxylic acids is 1. The number of hydrogen-bond donors (Lipinski definition) is 3. The van der Waals surface area contributed by atoms with Crippen LogP contribution in [0.25, 0.3) is 0 Å². The fourth-order valence-corrected chi connectivity index (χ4v) is 1.57. The van der Waals surface area contributed by atoms with Crippen molar-refractivity contribution in [1.82, 2.24) is 9.97 Å². The molecule has 0 aliphatic carbocycles. The van der Waals surface area contributed by atoms with Crippen molar-refractivity contribution in [2.24, 2.45) is 0 Å². The first-order valence-electron chi connectivity index (χ1n) is 6.26. The van der Waals surface area contributed by atoms with E-state index in [0.29, 0.717) is 17.9 Å². The molecule has 2 aromatic rings. The molecule has 0 spiro atoms. The van der Waals surface area contributed by atoms with Gasteiger partial charge in [-0.25, -0.2) is 4.98 Å². The molecule has 2 rings (SSSR count). The highest BCUT2D eigenvalue weighted by Gasteiger charge is 2.10. The number of aliphatic hydroxyl groups excluding tert-OH is 1. The number of hydrogen-bond acceptors (Lipinski definition) is 4. The van der Waals surface area contributed by atoms with Crippen molar-refractivity contribution < 1.29 is 9.90 Å². The molecule has 0 aliphatic heterocycles. The minimum Gasteiger partial charge on any atom is -0.395 e. The molecule has 0 fully saturated rings.